The van der Waals surface area contributed by atoms with E-state index >= 15 is 0 Å². The van der Waals surface area contributed by atoms with E-state index < -0.39 is 0 Å². The lowest BCUT2D eigenvalue weighted by molar-refractivity contribution is -0.118. The van der Waals surface area contributed by atoms with Gasteiger partial charge in [0, 0.05) is 31.1 Å². The lowest BCUT2D eigenvalue weighted by Gasteiger charge is -2.26. The smallest absolute Gasteiger partial charge is 0.227 e. The van der Waals surface area contributed by atoms with Crippen molar-refractivity contribution in [2.45, 2.75) is 38.5 Å². The van der Waals surface area contributed by atoms with Crippen molar-refractivity contribution < 1.29 is 14.3 Å². The van der Waals surface area contributed by atoms with Crippen LogP contribution >= 0.6 is 0 Å². The van der Waals surface area contributed by atoms with Crippen LogP contribution in [0.1, 0.15) is 47.2 Å². The lowest BCUT2D eigenvalue weighted by atomic mass is 9.96. The summed E-state index contributed by atoms with van der Waals surface area (Å²) < 4.78 is 5.37. The number of unbranched alkanes of at least 4 members (excludes halogenated alkanes) is 1. The first-order valence-corrected chi connectivity index (χ1v) is 10.4. The van der Waals surface area contributed by atoms with Crippen LogP contribution in [0.5, 0.6) is 5.75 Å². The Morgan fingerprint density at radius 2 is 1.93 bits per heavy atom. The van der Waals surface area contributed by atoms with Crippen LogP contribution in [0.15, 0.2) is 42.5 Å². The Morgan fingerprint density at radius 3 is 2.76 bits per heavy atom. The highest BCUT2D eigenvalue weighted by molar-refractivity contribution is 5.99. The molecule has 0 radical (unpaired) electrons. The van der Waals surface area contributed by atoms with Gasteiger partial charge in [-0.25, -0.2) is 0 Å². The van der Waals surface area contributed by atoms with Gasteiger partial charge in [-0.15, -0.1) is 0 Å². The van der Waals surface area contributed by atoms with Crippen molar-refractivity contribution in [1.29, 1.82) is 0 Å². The quantitative estimate of drug-likeness (QED) is 0.492. The molecular weight excluding hydrogens is 364 g/mol. The van der Waals surface area contributed by atoms with Crippen LogP contribution in [0.25, 0.3) is 0 Å². The van der Waals surface area contributed by atoms with Gasteiger partial charge in [0.15, 0.2) is 5.78 Å². The Balaban J connectivity index is 1.37. The number of anilines is 1. The van der Waals surface area contributed by atoms with Crippen LogP contribution in [0.4, 0.5) is 5.69 Å². The second kappa shape index (κ2) is 10.2. The Hall–Kier alpha value is -2.66. The number of amides is 1. The summed E-state index contributed by atoms with van der Waals surface area (Å²) in [6.45, 7) is 1.80. The fourth-order valence-corrected chi connectivity index (χ4v) is 3.77. The van der Waals surface area contributed by atoms with Gasteiger partial charge in [-0.1, -0.05) is 18.2 Å². The fourth-order valence-electron chi connectivity index (χ4n) is 3.77. The summed E-state index contributed by atoms with van der Waals surface area (Å²) in [5.74, 6) is 1.25. The zero-order valence-corrected chi connectivity index (χ0v) is 17.4. The van der Waals surface area contributed by atoms with E-state index in [4.69, 9.17) is 4.74 Å². The van der Waals surface area contributed by atoms with Crippen molar-refractivity contribution in [1.82, 2.24) is 5.32 Å². The summed E-state index contributed by atoms with van der Waals surface area (Å²) in [7, 11) is 3.49. The normalized spacial score (nSPS) is 13.3. The average Bonchev–Trinajstić information content (AvgIpc) is 2.75. The molecule has 0 saturated carbocycles. The maximum absolute atomic E-state index is 12.5. The zero-order chi connectivity index (χ0) is 20.6. The van der Waals surface area contributed by atoms with E-state index in [9.17, 15) is 9.59 Å². The molecule has 2 aromatic carbocycles. The Morgan fingerprint density at radius 1 is 1.10 bits per heavy atom. The van der Waals surface area contributed by atoms with Crippen molar-refractivity contribution in [3.05, 3.63) is 59.2 Å². The number of carbonyl (C=O) groups is 2. The average molecular weight is 395 g/mol. The van der Waals surface area contributed by atoms with E-state index in [-0.39, 0.29) is 11.7 Å². The number of nitrogens with zero attached hydrogens (tertiary/aromatic N) is 1. The third kappa shape index (κ3) is 5.45. The van der Waals surface area contributed by atoms with E-state index in [0.29, 0.717) is 12.8 Å². The Kier molecular flexibility index (Phi) is 7.42. The second-order valence-corrected chi connectivity index (χ2v) is 7.49. The van der Waals surface area contributed by atoms with Gasteiger partial charge in [0.25, 0.3) is 0 Å². The maximum Gasteiger partial charge on any atom is 0.227 e. The number of benzene rings is 2. The predicted molar refractivity (Wildman–Crippen MR) is 116 cm³/mol. The molecular formula is C24H30N2O3. The second-order valence-electron chi connectivity index (χ2n) is 7.49. The zero-order valence-electron chi connectivity index (χ0n) is 17.4. The van der Waals surface area contributed by atoms with E-state index in [2.05, 4.69) is 11.4 Å². The minimum Gasteiger partial charge on any atom is -0.496 e. The molecule has 2 aromatic rings. The van der Waals surface area contributed by atoms with Crippen LogP contribution in [0.2, 0.25) is 0 Å². The molecule has 3 rings (SSSR count). The van der Waals surface area contributed by atoms with Crippen molar-refractivity contribution in [2.75, 3.05) is 32.1 Å². The summed E-state index contributed by atoms with van der Waals surface area (Å²) >= 11 is 0. The highest BCUT2D eigenvalue weighted by Crippen LogP contribution is 2.28. The van der Waals surface area contributed by atoms with Crippen molar-refractivity contribution in [3.63, 3.8) is 0 Å². The summed E-state index contributed by atoms with van der Waals surface area (Å²) in [5.41, 5.74) is 3.99. The molecule has 0 aromatic heterocycles. The van der Waals surface area contributed by atoms with Crippen LogP contribution < -0.4 is 15.0 Å². The maximum atomic E-state index is 12.5. The molecule has 0 atom stereocenters. The first kappa shape index (κ1) is 21.1. The molecule has 1 heterocycles. The number of fused-ring (bicyclic) bond motifs is 1. The Labute approximate surface area is 173 Å². The number of carbonyl (C=O) groups excluding carboxylic acids is 2. The van der Waals surface area contributed by atoms with Crippen LogP contribution in [-0.4, -0.2) is 38.9 Å². The number of methoxy groups -OCH3 is 1. The summed E-state index contributed by atoms with van der Waals surface area (Å²) in [6, 6.07) is 13.8. The molecule has 0 fully saturated rings. The number of aryl methyl sites for hydroxylation is 1. The van der Waals surface area contributed by atoms with Gasteiger partial charge in [-0.05, 0) is 74.2 Å². The molecule has 1 aliphatic rings. The molecule has 0 bridgehead atoms. The highest BCUT2D eigenvalue weighted by Gasteiger charge is 2.21. The van der Waals surface area contributed by atoms with Crippen LogP contribution in [-0.2, 0) is 17.6 Å². The number of rotatable bonds is 10. The molecule has 5 heteroatoms. The molecule has 0 unspecified atom stereocenters. The molecule has 1 N–H and O–H groups in total. The SMILES string of the molecule is COc1ccccc1CCNCCCCC(=O)c1ccc2c(c1)CCC(=O)N2C. The standard InChI is InChI=1S/C24H30N2O3/c1-26-21-12-10-20(17-19(21)11-13-24(26)28)22(27)8-5-6-15-25-16-14-18-7-3-4-9-23(18)29-2/h3-4,7,9-10,12,17,25H,5-6,8,11,13-16H2,1-2H3. The van der Waals surface area contributed by atoms with Gasteiger partial charge in [0.05, 0.1) is 7.11 Å². The van der Waals surface area contributed by atoms with E-state index in [1.807, 2.05) is 36.4 Å². The molecule has 0 aliphatic carbocycles. The number of para-hydroxylation sites is 1. The third-order valence-corrected chi connectivity index (χ3v) is 5.52. The number of Topliss-reactive ketones (excluding diaryl/α,β-unsaturated/α-hetero) is 1. The molecule has 0 saturated heterocycles. The third-order valence-electron chi connectivity index (χ3n) is 5.52. The minimum atomic E-state index is 0.134. The van der Waals surface area contributed by atoms with Crippen molar-refractivity contribution >= 4 is 17.4 Å². The van der Waals surface area contributed by atoms with Crippen molar-refractivity contribution in [2.24, 2.45) is 0 Å². The van der Waals surface area contributed by atoms with Gasteiger partial charge in [0.1, 0.15) is 5.75 Å². The summed E-state index contributed by atoms with van der Waals surface area (Å²) in [6.07, 6.45) is 4.56. The summed E-state index contributed by atoms with van der Waals surface area (Å²) in [5, 5.41) is 3.44. The first-order chi connectivity index (χ1) is 14.1. The van der Waals surface area contributed by atoms with E-state index in [1.54, 1.807) is 19.1 Å². The van der Waals surface area contributed by atoms with Crippen LogP contribution in [0, 0.1) is 0 Å². The molecule has 0 spiro atoms. The minimum absolute atomic E-state index is 0.134. The fraction of sp³-hybridized carbons (Fsp3) is 0.417. The number of ketones is 1. The monoisotopic (exact) mass is 394 g/mol. The van der Waals surface area contributed by atoms with Crippen LogP contribution in [0.3, 0.4) is 0 Å². The number of ether oxygens (including phenoxy) is 1. The summed E-state index contributed by atoms with van der Waals surface area (Å²) in [4.78, 5) is 26.0. The van der Waals surface area contributed by atoms with Crippen molar-refractivity contribution in [3.8, 4) is 5.75 Å². The molecule has 5 nitrogen and oxygen atoms in total. The molecule has 1 amide bonds. The van der Waals surface area contributed by atoms with Gasteiger partial charge in [-0.2, -0.15) is 0 Å². The number of hydrogen-bond acceptors (Lipinski definition) is 4. The van der Waals surface area contributed by atoms with E-state index in [1.165, 1.54) is 5.56 Å². The van der Waals surface area contributed by atoms with E-state index in [0.717, 1.165) is 61.3 Å². The number of nitrogens with one attached hydrogen (secondary N) is 1. The highest BCUT2D eigenvalue weighted by atomic mass is 16.5. The topological polar surface area (TPSA) is 58.6 Å². The first-order valence-electron chi connectivity index (χ1n) is 10.4. The molecule has 29 heavy (non-hydrogen) atoms. The number of hydrogen-bond donors (Lipinski definition) is 1. The molecule has 1 aliphatic heterocycles. The van der Waals surface area contributed by atoms with Gasteiger partial charge < -0.3 is 15.0 Å². The predicted octanol–water partition coefficient (Wildman–Crippen LogP) is 3.79. The largest absolute Gasteiger partial charge is 0.496 e. The van der Waals surface area contributed by atoms with Gasteiger partial charge in [0.2, 0.25) is 5.91 Å². The lowest BCUT2D eigenvalue weighted by Crippen LogP contribution is -2.31. The molecule has 154 valence electrons. The Bertz CT molecular complexity index is 863. The van der Waals surface area contributed by atoms with Gasteiger partial charge >= 0.3 is 0 Å². The van der Waals surface area contributed by atoms with Gasteiger partial charge in [-0.3, -0.25) is 9.59 Å².